The number of nitrogens with zero attached hydrogens (tertiary/aromatic N) is 1. The number of anilines is 2. The molecule has 0 atom stereocenters. The summed E-state index contributed by atoms with van der Waals surface area (Å²) < 4.78 is 15.8. The molecule has 8 heteroatoms. The highest BCUT2D eigenvalue weighted by Gasteiger charge is 2.15. The van der Waals surface area contributed by atoms with Gasteiger partial charge in [0, 0.05) is 36.1 Å². The highest BCUT2D eigenvalue weighted by molar-refractivity contribution is 6.01. The van der Waals surface area contributed by atoms with Crippen LogP contribution in [0.25, 0.3) is 0 Å². The van der Waals surface area contributed by atoms with Crippen molar-refractivity contribution in [2.45, 2.75) is 0 Å². The molecule has 2 aliphatic heterocycles. The van der Waals surface area contributed by atoms with Crippen LogP contribution in [-0.2, 0) is 4.74 Å². The molecule has 0 aliphatic carbocycles. The number of ether oxygens (including phenoxy) is 3. The summed E-state index contributed by atoms with van der Waals surface area (Å²) in [4.78, 5) is 26.6. The van der Waals surface area contributed by atoms with Crippen molar-refractivity contribution in [3.8, 4) is 11.5 Å². The minimum Gasteiger partial charge on any atom is -0.454 e. The first-order valence-electron chi connectivity index (χ1n) is 9.09. The van der Waals surface area contributed by atoms with Crippen LogP contribution in [0, 0.1) is 0 Å². The number of nitrogens with one attached hydrogen (secondary N) is 2. The number of benzene rings is 2. The Morgan fingerprint density at radius 2 is 1.71 bits per heavy atom. The predicted molar refractivity (Wildman–Crippen MR) is 103 cm³/mol. The molecule has 146 valence electrons. The summed E-state index contributed by atoms with van der Waals surface area (Å²) in [5.74, 6) is 1.06. The Bertz CT molecular complexity index is 863. The number of rotatable bonds is 5. The van der Waals surface area contributed by atoms with E-state index in [0.29, 0.717) is 36.0 Å². The third-order valence-corrected chi connectivity index (χ3v) is 4.61. The molecule has 28 heavy (non-hydrogen) atoms. The average Bonchev–Trinajstić information content (AvgIpc) is 3.21. The average molecular weight is 383 g/mol. The molecule has 4 rings (SSSR count). The summed E-state index contributed by atoms with van der Waals surface area (Å²) in [6.45, 7) is 3.19. The van der Waals surface area contributed by atoms with Crippen LogP contribution in [0.4, 0.5) is 16.2 Å². The van der Waals surface area contributed by atoms with Crippen molar-refractivity contribution in [2.75, 3.05) is 49.9 Å². The first-order chi connectivity index (χ1) is 13.7. The lowest BCUT2D eigenvalue weighted by atomic mass is 10.1. The van der Waals surface area contributed by atoms with Gasteiger partial charge >= 0.3 is 6.03 Å². The Morgan fingerprint density at radius 3 is 2.50 bits per heavy atom. The van der Waals surface area contributed by atoms with Crippen molar-refractivity contribution in [2.24, 2.45) is 0 Å². The van der Waals surface area contributed by atoms with E-state index in [2.05, 4.69) is 15.5 Å². The highest BCUT2D eigenvalue weighted by atomic mass is 16.7. The molecule has 0 unspecified atom stereocenters. The first kappa shape index (κ1) is 18.1. The molecule has 2 aromatic rings. The van der Waals surface area contributed by atoms with Crippen molar-refractivity contribution >= 4 is 23.2 Å². The molecular weight excluding hydrogens is 362 g/mol. The van der Waals surface area contributed by atoms with Crippen LogP contribution in [0.3, 0.4) is 0 Å². The molecule has 2 heterocycles. The van der Waals surface area contributed by atoms with Gasteiger partial charge in [0.25, 0.3) is 0 Å². The Hall–Kier alpha value is -3.26. The lowest BCUT2D eigenvalue weighted by Gasteiger charge is -2.28. The molecule has 1 fully saturated rings. The van der Waals surface area contributed by atoms with E-state index in [-0.39, 0.29) is 19.1 Å². The third kappa shape index (κ3) is 4.17. The van der Waals surface area contributed by atoms with Crippen LogP contribution < -0.4 is 25.0 Å². The van der Waals surface area contributed by atoms with Crippen molar-refractivity contribution < 1.29 is 23.8 Å². The normalized spacial score (nSPS) is 15.2. The summed E-state index contributed by atoms with van der Waals surface area (Å²) >= 11 is 0. The van der Waals surface area contributed by atoms with Gasteiger partial charge < -0.3 is 29.7 Å². The number of ketones is 1. The standard InChI is InChI=1S/C20H21N3O5/c24-17(14-1-4-16(5-2-14)23-7-9-26-10-8-23)12-21-20(25)22-15-3-6-18-19(11-15)28-13-27-18/h1-6,11H,7-10,12-13H2,(H2,21,22,25). The van der Waals surface area contributed by atoms with Gasteiger partial charge in [-0.05, 0) is 36.4 Å². The summed E-state index contributed by atoms with van der Waals surface area (Å²) in [5.41, 5.74) is 2.18. The maximum atomic E-state index is 12.3. The van der Waals surface area contributed by atoms with Gasteiger partial charge in [0.15, 0.2) is 17.3 Å². The molecular formula is C20H21N3O5. The number of fused-ring (bicyclic) bond motifs is 1. The summed E-state index contributed by atoms with van der Waals surface area (Å²) in [5, 5.41) is 5.25. The van der Waals surface area contributed by atoms with E-state index >= 15 is 0 Å². The van der Waals surface area contributed by atoms with Crippen molar-refractivity contribution in [1.29, 1.82) is 0 Å². The van der Waals surface area contributed by atoms with E-state index < -0.39 is 6.03 Å². The molecule has 0 spiro atoms. The zero-order chi connectivity index (χ0) is 19.3. The number of Topliss-reactive ketones (excluding diaryl/α,β-unsaturated/α-hetero) is 1. The minimum absolute atomic E-state index is 0.0900. The van der Waals surface area contributed by atoms with E-state index in [9.17, 15) is 9.59 Å². The Balaban J connectivity index is 1.28. The van der Waals surface area contributed by atoms with Crippen molar-refractivity contribution in [3.05, 3.63) is 48.0 Å². The van der Waals surface area contributed by atoms with Crippen molar-refractivity contribution in [3.63, 3.8) is 0 Å². The van der Waals surface area contributed by atoms with Gasteiger partial charge in [0.05, 0.1) is 19.8 Å². The van der Waals surface area contributed by atoms with E-state index in [1.54, 1.807) is 30.3 Å². The van der Waals surface area contributed by atoms with Gasteiger partial charge in [0.2, 0.25) is 6.79 Å². The topological polar surface area (TPSA) is 89.1 Å². The van der Waals surface area contributed by atoms with Crippen LogP contribution in [0.15, 0.2) is 42.5 Å². The number of amides is 2. The Labute approximate surface area is 162 Å². The van der Waals surface area contributed by atoms with Gasteiger partial charge in [-0.2, -0.15) is 0 Å². The van der Waals surface area contributed by atoms with Crippen LogP contribution in [0.5, 0.6) is 11.5 Å². The van der Waals surface area contributed by atoms with Gasteiger partial charge in [-0.1, -0.05) is 0 Å². The molecule has 8 nitrogen and oxygen atoms in total. The number of carbonyl (C=O) groups excluding carboxylic acids is 2. The molecule has 2 aliphatic rings. The Morgan fingerprint density at radius 1 is 0.964 bits per heavy atom. The zero-order valence-corrected chi connectivity index (χ0v) is 15.3. The molecule has 1 saturated heterocycles. The van der Waals surface area contributed by atoms with E-state index in [0.717, 1.165) is 18.8 Å². The molecule has 2 aromatic carbocycles. The molecule has 0 aromatic heterocycles. The smallest absolute Gasteiger partial charge is 0.319 e. The summed E-state index contributed by atoms with van der Waals surface area (Å²) in [6, 6.07) is 12.1. The second kappa shape index (κ2) is 8.18. The quantitative estimate of drug-likeness (QED) is 0.770. The maximum Gasteiger partial charge on any atom is 0.319 e. The zero-order valence-electron chi connectivity index (χ0n) is 15.3. The molecule has 2 amide bonds. The third-order valence-electron chi connectivity index (χ3n) is 4.61. The number of morpholine rings is 1. The summed E-state index contributed by atoms with van der Waals surface area (Å²) in [6.07, 6.45) is 0. The van der Waals surface area contributed by atoms with E-state index in [1.165, 1.54) is 0 Å². The summed E-state index contributed by atoms with van der Waals surface area (Å²) in [7, 11) is 0. The van der Waals surface area contributed by atoms with Crippen LogP contribution in [0.1, 0.15) is 10.4 Å². The fourth-order valence-electron chi connectivity index (χ4n) is 3.09. The number of carbonyl (C=O) groups is 2. The Kier molecular flexibility index (Phi) is 5.29. The number of hydrogen-bond donors (Lipinski definition) is 2. The fraction of sp³-hybridized carbons (Fsp3) is 0.300. The molecule has 0 bridgehead atoms. The predicted octanol–water partition coefficient (Wildman–Crippen LogP) is 2.26. The largest absolute Gasteiger partial charge is 0.454 e. The molecule has 0 radical (unpaired) electrons. The van der Waals surface area contributed by atoms with E-state index in [4.69, 9.17) is 14.2 Å². The molecule has 2 N–H and O–H groups in total. The SMILES string of the molecule is O=C(NCC(=O)c1ccc(N2CCOCC2)cc1)Nc1ccc2c(c1)OCO2. The van der Waals surface area contributed by atoms with Crippen LogP contribution in [-0.4, -0.2) is 51.5 Å². The second-order valence-electron chi connectivity index (χ2n) is 6.45. The lowest BCUT2D eigenvalue weighted by Crippen LogP contribution is -2.36. The van der Waals surface area contributed by atoms with Gasteiger partial charge in [0.1, 0.15) is 0 Å². The van der Waals surface area contributed by atoms with Gasteiger partial charge in [-0.3, -0.25) is 4.79 Å². The van der Waals surface area contributed by atoms with Gasteiger partial charge in [-0.15, -0.1) is 0 Å². The molecule has 0 saturated carbocycles. The second-order valence-corrected chi connectivity index (χ2v) is 6.45. The van der Waals surface area contributed by atoms with E-state index in [1.807, 2.05) is 12.1 Å². The fourth-order valence-corrected chi connectivity index (χ4v) is 3.09. The highest BCUT2D eigenvalue weighted by Crippen LogP contribution is 2.34. The number of hydrogen-bond acceptors (Lipinski definition) is 6. The minimum atomic E-state index is -0.461. The number of urea groups is 1. The maximum absolute atomic E-state index is 12.3. The monoisotopic (exact) mass is 383 g/mol. The van der Waals surface area contributed by atoms with Gasteiger partial charge in [-0.25, -0.2) is 4.79 Å². The van der Waals surface area contributed by atoms with Crippen LogP contribution >= 0.6 is 0 Å². The first-order valence-corrected chi connectivity index (χ1v) is 9.09. The van der Waals surface area contributed by atoms with Crippen molar-refractivity contribution in [1.82, 2.24) is 5.32 Å². The van der Waals surface area contributed by atoms with Crippen LogP contribution in [0.2, 0.25) is 0 Å². The lowest BCUT2D eigenvalue weighted by molar-refractivity contribution is 0.0993.